The van der Waals surface area contributed by atoms with Crippen LogP contribution < -0.4 is 5.32 Å². The van der Waals surface area contributed by atoms with Gasteiger partial charge in [-0.2, -0.15) is 5.10 Å². The lowest BCUT2D eigenvalue weighted by atomic mass is 9.94. The number of carbonyl (C=O) groups excluding carboxylic acids is 2. The highest BCUT2D eigenvalue weighted by atomic mass is 32.1. The molecule has 2 aromatic carbocycles. The van der Waals surface area contributed by atoms with Crippen LogP contribution >= 0.6 is 11.3 Å². The number of aryl methyl sites for hydroxylation is 2. The molecule has 0 bridgehead atoms. The van der Waals surface area contributed by atoms with Crippen molar-refractivity contribution >= 4 is 50.0 Å². The fourth-order valence-corrected chi connectivity index (χ4v) is 5.31. The van der Waals surface area contributed by atoms with Crippen molar-refractivity contribution in [2.45, 2.75) is 33.1 Å². The lowest BCUT2D eigenvalue weighted by molar-refractivity contribution is -0.117. The number of likely N-dealkylation sites (tertiary alicyclic amines) is 1. The third-order valence-electron chi connectivity index (χ3n) is 5.98. The van der Waals surface area contributed by atoms with Gasteiger partial charge in [-0.3, -0.25) is 14.7 Å². The van der Waals surface area contributed by atoms with Crippen LogP contribution in [0, 0.1) is 19.8 Å². The molecular formula is C24H25N5O2S. The van der Waals surface area contributed by atoms with Crippen molar-refractivity contribution in [3.8, 4) is 0 Å². The minimum atomic E-state index is -0.0713. The van der Waals surface area contributed by atoms with Crippen LogP contribution in [0.25, 0.3) is 21.1 Å². The van der Waals surface area contributed by atoms with Crippen LogP contribution in [0.4, 0.5) is 5.69 Å². The smallest absolute Gasteiger partial charge is 0.275 e. The van der Waals surface area contributed by atoms with E-state index in [1.54, 1.807) is 11.3 Å². The van der Waals surface area contributed by atoms with Crippen molar-refractivity contribution in [3.05, 3.63) is 52.7 Å². The molecule has 0 radical (unpaired) electrons. The molecule has 1 saturated heterocycles. The fourth-order valence-electron chi connectivity index (χ4n) is 4.45. The molecule has 32 heavy (non-hydrogen) atoms. The maximum absolute atomic E-state index is 13.2. The number of anilines is 1. The second kappa shape index (κ2) is 8.35. The van der Waals surface area contributed by atoms with Gasteiger partial charge in [-0.25, -0.2) is 4.98 Å². The zero-order valence-electron chi connectivity index (χ0n) is 18.1. The molecule has 2 amide bonds. The molecule has 1 unspecified atom stereocenters. The van der Waals surface area contributed by atoms with E-state index in [0.29, 0.717) is 25.2 Å². The van der Waals surface area contributed by atoms with Gasteiger partial charge in [-0.05, 0) is 62.9 Å². The second-order valence-corrected chi connectivity index (χ2v) is 9.78. The fraction of sp³-hybridized carbons (Fsp3) is 0.333. The Kier molecular flexibility index (Phi) is 5.38. The van der Waals surface area contributed by atoms with Crippen LogP contribution in [0.5, 0.6) is 0 Å². The van der Waals surface area contributed by atoms with Gasteiger partial charge < -0.3 is 10.2 Å². The minimum absolute atomic E-state index is 0.0225. The van der Waals surface area contributed by atoms with E-state index >= 15 is 0 Å². The first kappa shape index (κ1) is 20.6. The highest BCUT2D eigenvalue weighted by molar-refractivity contribution is 7.18. The van der Waals surface area contributed by atoms with Crippen molar-refractivity contribution in [3.63, 3.8) is 0 Å². The SMILES string of the molecule is Cc1ccc2[nH]nc(C(=O)N3CCCC(CC(=O)Nc4ccc5nc(C)sc5c4)C3)c2c1. The number of thiazole rings is 1. The van der Waals surface area contributed by atoms with E-state index in [0.717, 1.165) is 50.2 Å². The van der Waals surface area contributed by atoms with E-state index in [-0.39, 0.29) is 17.7 Å². The molecule has 0 aliphatic carbocycles. The average Bonchev–Trinajstić information content (AvgIpc) is 3.35. The van der Waals surface area contributed by atoms with Gasteiger partial charge >= 0.3 is 0 Å². The summed E-state index contributed by atoms with van der Waals surface area (Å²) in [6, 6.07) is 11.7. The number of rotatable bonds is 4. The van der Waals surface area contributed by atoms with Gasteiger partial charge in [-0.1, -0.05) is 11.6 Å². The predicted octanol–water partition coefficient (Wildman–Crippen LogP) is 4.67. The number of aromatic amines is 1. The Labute approximate surface area is 189 Å². The lowest BCUT2D eigenvalue weighted by Gasteiger charge is -2.32. The number of aromatic nitrogens is 3. The molecule has 1 fully saturated rings. The standard InChI is InChI=1S/C24H25N5O2S/c1-14-5-7-19-18(10-14)23(28-27-19)24(31)29-9-3-4-16(13-29)11-22(30)26-17-6-8-20-21(12-17)32-15(2)25-20/h5-8,10,12,16H,3-4,9,11,13H2,1-2H3,(H,26,30)(H,27,28). The van der Waals surface area contributed by atoms with E-state index < -0.39 is 0 Å². The van der Waals surface area contributed by atoms with Gasteiger partial charge in [0, 0.05) is 30.6 Å². The third kappa shape index (κ3) is 4.10. The van der Waals surface area contributed by atoms with Gasteiger partial charge in [0.25, 0.3) is 5.91 Å². The summed E-state index contributed by atoms with van der Waals surface area (Å²) >= 11 is 1.62. The van der Waals surface area contributed by atoms with Gasteiger partial charge in [0.2, 0.25) is 5.91 Å². The molecule has 3 heterocycles. The van der Waals surface area contributed by atoms with E-state index in [1.807, 2.05) is 55.1 Å². The maximum Gasteiger partial charge on any atom is 0.275 e. The van der Waals surface area contributed by atoms with Gasteiger partial charge in [0.05, 0.1) is 20.7 Å². The molecule has 2 aromatic heterocycles. The number of H-pyrrole nitrogens is 1. The van der Waals surface area contributed by atoms with Gasteiger partial charge in [-0.15, -0.1) is 11.3 Å². The van der Waals surface area contributed by atoms with Crippen LogP contribution in [0.2, 0.25) is 0 Å². The monoisotopic (exact) mass is 447 g/mol. The normalized spacial score (nSPS) is 16.6. The Hall–Kier alpha value is -3.26. The summed E-state index contributed by atoms with van der Waals surface area (Å²) in [6.07, 6.45) is 2.21. The molecule has 5 rings (SSSR count). The molecule has 7 nitrogen and oxygen atoms in total. The Morgan fingerprint density at radius 2 is 2.09 bits per heavy atom. The number of fused-ring (bicyclic) bond motifs is 2. The predicted molar refractivity (Wildman–Crippen MR) is 127 cm³/mol. The lowest BCUT2D eigenvalue weighted by Crippen LogP contribution is -2.41. The number of nitrogens with zero attached hydrogens (tertiary/aromatic N) is 3. The molecule has 0 spiro atoms. The van der Waals surface area contributed by atoms with Crippen molar-refractivity contribution < 1.29 is 9.59 Å². The summed E-state index contributed by atoms with van der Waals surface area (Å²) in [6.45, 7) is 5.24. The van der Waals surface area contributed by atoms with Crippen LogP contribution in [-0.2, 0) is 4.79 Å². The second-order valence-electron chi connectivity index (χ2n) is 8.55. The Bertz CT molecular complexity index is 1320. The molecule has 1 aliphatic heterocycles. The van der Waals surface area contributed by atoms with Crippen LogP contribution in [0.1, 0.15) is 40.3 Å². The van der Waals surface area contributed by atoms with E-state index in [4.69, 9.17) is 0 Å². The van der Waals surface area contributed by atoms with Crippen molar-refractivity contribution in [2.75, 3.05) is 18.4 Å². The number of hydrogen-bond acceptors (Lipinski definition) is 5. The van der Waals surface area contributed by atoms with Gasteiger partial charge in [0.1, 0.15) is 0 Å². The maximum atomic E-state index is 13.2. The first-order valence-electron chi connectivity index (χ1n) is 10.9. The van der Waals surface area contributed by atoms with Crippen molar-refractivity contribution in [1.82, 2.24) is 20.1 Å². The van der Waals surface area contributed by atoms with Crippen molar-refractivity contribution in [2.24, 2.45) is 5.92 Å². The first-order chi connectivity index (χ1) is 15.5. The van der Waals surface area contributed by atoms with Crippen LogP contribution in [0.3, 0.4) is 0 Å². The largest absolute Gasteiger partial charge is 0.337 e. The van der Waals surface area contributed by atoms with Crippen LogP contribution in [0.15, 0.2) is 36.4 Å². The van der Waals surface area contributed by atoms with E-state index in [9.17, 15) is 9.59 Å². The number of hydrogen-bond donors (Lipinski definition) is 2. The summed E-state index contributed by atoms with van der Waals surface area (Å²) in [7, 11) is 0. The number of carbonyl (C=O) groups is 2. The average molecular weight is 448 g/mol. The number of piperidine rings is 1. The van der Waals surface area contributed by atoms with Gasteiger partial charge in [0.15, 0.2) is 5.69 Å². The Morgan fingerprint density at radius 1 is 1.22 bits per heavy atom. The topological polar surface area (TPSA) is 91.0 Å². The zero-order valence-corrected chi connectivity index (χ0v) is 19.0. The molecule has 4 aromatic rings. The first-order valence-corrected chi connectivity index (χ1v) is 11.7. The number of amides is 2. The summed E-state index contributed by atoms with van der Waals surface area (Å²) in [5.41, 5.74) is 4.15. The third-order valence-corrected chi connectivity index (χ3v) is 6.91. The van der Waals surface area contributed by atoms with Crippen LogP contribution in [-0.4, -0.2) is 45.0 Å². The summed E-state index contributed by atoms with van der Waals surface area (Å²) in [5, 5.41) is 12.1. The quantitative estimate of drug-likeness (QED) is 0.476. The highest BCUT2D eigenvalue weighted by Gasteiger charge is 2.28. The zero-order chi connectivity index (χ0) is 22.2. The van der Waals surface area contributed by atoms with Crippen molar-refractivity contribution in [1.29, 1.82) is 0 Å². The van der Waals surface area contributed by atoms with E-state index in [2.05, 4.69) is 20.5 Å². The molecule has 1 aliphatic rings. The molecule has 2 N–H and O–H groups in total. The molecule has 0 saturated carbocycles. The summed E-state index contributed by atoms with van der Waals surface area (Å²) < 4.78 is 1.07. The molecule has 164 valence electrons. The summed E-state index contributed by atoms with van der Waals surface area (Å²) in [4.78, 5) is 32.2. The molecular weight excluding hydrogens is 422 g/mol. The minimum Gasteiger partial charge on any atom is -0.337 e. The molecule has 1 atom stereocenters. The number of nitrogens with one attached hydrogen (secondary N) is 2. The Balaban J connectivity index is 1.24. The van der Waals surface area contributed by atoms with E-state index in [1.165, 1.54) is 0 Å². The molecule has 8 heteroatoms. The summed E-state index contributed by atoms with van der Waals surface area (Å²) in [5.74, 6) is 0.0396. The Morgan fingerprint density at radius 3 is 2.97 bits per heavy atom. The highest BCUT2D eigenvalue weighted by Crippen LogP contribution is 2.27. The number of benzene rings is 2.